The molecule has 1 amide bonds. The zero-order valence-corrected chi connectivity index (χ0v) is 14.0. The Kier molecular flexibility index (Phi) is 5.57. The van der Waals surface area contributed by atoms with Gasteiger partial charge in [-0.2, -0.15) is 0 Å². The Hall–Kier alpha value is -2.56. The number of aromatic nitrogens is 1. The van der Waals surface area contributed by atoms with E-state index in [1.165, 1.54) is 0 Å². The predicted octanol–water partition coefficient (Wildman–Crippen LogP) is 4.21. The van der Waals surface area contributed by atoms with Crippen molar-refractivity contribution in [2.75, 3.05) is 10.6 Å². The van der Waals surface area contributed by atoms with Gasteiger partial charge < -0.3 is 15.4 Å². The number of hydrogen-bond acceptors (Lipinski definition) is 4. The Morgan fingerprint density at radius 2 is 1.83 bits per heavy atom. The predicted molar refractivity (Wildman–Crippen MR) is 93.2 cm³/mol. The second-order valence-electron chi connectivity index (χ2n) is 5.86. The third kappa shape index (κ3) is 4.98. The molecule has 1 heterocycles. The van der Waals surface area contributed by atoms with Crippen LogP contribution in [-0.4, -0.2) is 17.0 Å². The lowest BCUT2D eigenvalue weighted by molar-refractivity contribution is -0.118. The Balaban J connectivity index is 2.08. The Morgan fingerprint density at radius 1 is 1.09 bits per heavy atom. The summed E-state index contributed by atoms with van der Waals surface area (Å²) >= 11 is 0. The SMILES string of the molecule is CC(C)Oc1ccccc1Nc1ccc(NC(=O)C(C)C)nc1. The van der Waals surface area contributed by atoms with Crippen LogP contribution in [0.5, 0.6) is 5.75 Å². The highest BCUT2D eigenvalue weighted by molar-refractivity contribution is 5.91. The number of para-hydroxylation sites is 2. The van der Waals surface area contributed by atoms with Gasteiger partial charge in [0.25, 0.3) is 0 Å². The average molecular weight is 313 g/mol. The topological polar surface area (TPSA) is 63.2 Å². The number of carbonyl (C=O) groups excluding carboxylic acids is 1. The van der Waals surface area contributed by atoms with Crippen LogP contribution < -0.4 is 15.4 Å². The van der Waals surface area contributed by atoms with Gasteiger partial charge in [-0.1, -0.05) is 26.0 Å². The van der Waals surface area contributed by atoms with Crippen LogP contribution in [0.1, 0.15) is 27.7 Å². The molecule has 2 rings (SSSR count). The Morgan fingerprint density at radius 3 is 2.43 bits per heavy atom. The molecule has 0 aliphatic heterocycles. The number of carbonyl (C=O) groups is 1. The van der Waals surface area contributed by atoms with E-state index in [2.05, 4.69) is 15.6 Å². The molecule has 2 aromatic rings. The van der Waals surface area contributed by atoms with Gasteiger partial charge in [-0.3, -0.25) is 4.79 Å². The van der Waals surface area contributed by atoms with Crippen LogP contribution in [0.3, 0.4) is 0 Å². The maximum absolute atomic E-state index is 11.7. The number of ether oxygens (including phenoxy) is 1. The van der Waals surface area contributed by atoms with Gasteiger partial charge in [-0.05, 0) is 38.1 Å². The summed E-state index contributed by atoms with van der Waals surface area (Å²) in [6.07, 6.45) is 1.78. The van der Waals surface area contributed by atoms with Crippen molar-refractivity contribution in [2.45, 2.75) is 33.8 Å². The van der Waals surface area contributed by atoms with Gasteiger partial charge >= 0.3 is 0 Å². The van der Waals surface area contributed by atoms with E-state index >= 15 is 0 Å². The van der Waals surface area contributed by atoms with Gasteiger partial charge in [0, 0.05) is 5.92 Å². The smallest absolute Gasteiger partial charge is 0.228 e. The lowest BCUT2D eigenvalue weighted by atomic mass is 10.2. The molecule has 0 bridgehead atoms. The quantitative estimate of drug-likeness (QED) is 0.838. The molecule has 0 spiro atoms. The van der Waals surface area contributed by atoms with Crippen molar-refractivity contribution in [1.29, 1.82) is 0 Å². The first-order valence-corrected chi connectivity index (χ1v) is 7.75. The molecule has 0 atom stereocenters. The lowest BCUT2D eigenvalue weighted by Gasteiger charge is -2.15. The number of pyridine rings is 1. The van der Waals surface area contributed by atoms with E-state index in [-0.39, 0.29) is 17.9 Å². The molecule has 0 aliphatic carbocycles. The van der Waals surface area contributed by atoms with E-state index < -0.39 is 0 Å². The third-order valence-corrected chi connectivity index (χ3v) is 3.07. The number of rotatable bonds is 6. The first-order chi connectivity index (χ1) is 11.0. The van der Waals surface area contributed by atoms with E-state index in [0.29, 0.717) is 5.82 Å². The fourth-order valence-corrected chi connectivity index (χ4v) is 1.89. The highest BCUT2D eigenvalue weighted by Gasteiger charge is 2.08. The van der Waals surface area contributed by atoms with E-state index in [1.54, 1.807) is 12.3 Å². The van der Waals surface area contributed by atoms with Crippen molar-refractivity contribution in [3.63, 3.8) is 0 Å². The summed E-state index contributed by atoms with van der Waals surface area (Å²) in [7, 11) is 0. The van der Waals surface area contributed by atoms with Crippen molar-refractivity contribution in [2.24, 2.45) is 5.92 Å². The van der Waals surface area contributed by atoms with E-state index in [0.717, 1.165) is 17.1 Å². The minimum Gasteiger partial charge on any atom is -0.489 e. The van der Waals surface area contributed by atoms with Crippen LogP contribution in [0, 0.1) is 5.92 Å². The summed E-state index contributed by atoms with van der Waals surface area (Å²) in [5, 5.41) is 6.05. The molecular formula is C18H23N3O2. The molecular weight excluding hydrogens is 290 g/mol. The summed E-state index contributed by atoms with van der Waals surface area (Å²) < 4.78 is 5.78. The Bertz CT molecular complexity index is 652. The molecule has 0 radical (unpaired) electrons. The van der Waals surface area contributed by atoms with Crippen molar-refractivity contribution in [3.05, 3.63) is 42.6 Å². The van der Waals surface area contributed by atoms with E-state index in [9.17, 15) is 4.79 Å². The van der Waals surface area contributed by atoms with Gasteiger partial charge in [0.1, 0.15) is 11.6 Å². The van der Waals surface area contributed by atoms with E-state index in [1.807, 2.05) is 58.0 Å². The lowest BCUT2D eigenvalue weighted by Crippen LogP contribution is -2.18. The third-order valence-electron chi connectivity index (χ3n) is 3.07. The molecule has 23 heavy (non-hydrogen) atoms. The number of amides is 1. The van der Waals surface area contributed by atoms with Crippen LogP contribution in [0.4, 0.5) is 17.2 Å². The van der Waals surface area contributed by atoms with Gasteiger partial charge in [0.2, 0.25) is 5.91 Å². The average Bonchev–Trinajstić information content (AvgIpc) is 2.50. The van der Waals surface area contributed by atoms with Crippen molar-refractivity contribution >= 4 is 23.1 Å². The van der Waals surface area contributed by atoms with Crippen molar-refractivity contribution in [1.82, 2.24) is 4.98 Å². The zero-order valence-electron chi connectivity index (χ0n) is 14.0. The fraction of sp³-hybridized carbons (Fsp3) is 0.333. The maximum atomic E-state index is 11.7. The first kappa shape index (κ1) is 16.8. The van der Waals surface area contributed by atoms with E-state index in [4.69, 9.17) is 4.74 Å². The van der Waals surface area contributed by atoms with Crippen LogP contribution in [0.2, 0.25) is 0 Å². The van der Waals surface area contributed by atoms with Crippen molar-refractivity contribution < 1.29 is 9.53 Å². The molecule has 2 N–H and O–H groups in total. The molecule has 0 unspecified atom stereocenters. The summed E-state index contributed by atoms with van der Waals surface area (Å²) in [5.74, 6) is 1.21. The molecule has 122 valence electrons. The molecule has 5 heteroatoms. The zero-order chi connectivity index (χ0) is 16.8. The normalized spacial score (nSPS) is 10.7. The summed E-state index contributed by atoms with van der Waals surface area (Å²) in [6, 6.07) is 11.4. The number of nitrogens with zero attached hydrogens (tertiary/aromatic N) is 1. The largest absolute Gasteiger partial charge is 0.489 e. The molecule has 0 fully saturated rings. The van der Waals surface area contributed by atoms with Crippen LogP contribution in [0.25, 0.3) is 0 Å². The first-order valence-electron chi connectivity index (χ1n) is 7.75. The number of anilines is 3. The summed E-state index contributed by atoms with van der Waals surface area (Å²) in [6.45, 7) is 7.67. The molecule has 0 saturated heterocycles. The van der Waals surface area contributed by atoms with Crippen LogP contribution in [-0.2, 0) is 4.79 Å². The molecule has 5 nitrogen and oxygen atoms in total. The number of hydrogen-bond donors (Lipinski definition) is 2. The second-order valence-corrected chi connectivity index (χ2v) is 5.86. The Labute approximate surface area is 137 Å². The van der Waals surface area contributed by atoms with Gasteiger partial charge in [0.15, 0.2) is 0 Å². The minimum atomic E-state index is -0.0744. The number of nitrogens with one attached hydrogen (secondary N) is 2. The van der Waals surface area contributed by atoms with Gasteiger partial charge in [-0.25, -0.2) is 4.98 Å². The van der Waals surface area contributed by atoms with Gasteiger partial charge in [-0.15, -0.1) is 0 Å². The molecule has 1 aromatic heterocycles. The summed E-state index contributed by atoms with van der Waals surface area (Å²) in [5.41, 5.74) is 1.70. The second kappa shape index (κ2) is 7.63. The van der Waals surface area contributed by atoms with Crippen LogP contribution >= 0.6 is 0 Å². The monoisotopic (exact) mass is 313 g/mol. The highest BCUT2D eigenvalue weighted by atomic mass is 16.5. The fourth-order valence-electron chi connectivity index (χ4n) is 1.89. The minimum absolute atomic E-state index is 0.0473. The maximum Gasteiger partial charge on any atom is 0.228 e. The molecule has 0 saturated carbocycles. The molecule has 0 aliphatic rings. The number of benzene rings is 1. The molecule has 1 aromatic carbocycles. The standard InChI is InChI=1S/C18H23N3O2/c1-12(2)18(22)21-17-10-9-14(11-19-17)20-15-7-5-6-8-16(15)23-13(3)4/h5-13,20H,1-4H3,(H,19,21,22). The van der Waals surface area contributed by atoms with Crippen LogP contribution in [0.15, 0.2) is 42.6 Å². The van der Waals surface area contributed by atoms with Gasteiger partial charge in [0.05, 0.1) is 23.7 Å². The van der Waals surface area contributed by atoms with Crippen molar-refractivity contribution in [3.8, 4) is 5.75 Å². The highest BCUT2D eigenvalue weighted by Crippen LogP contribution is 2.28. The summed E-state index contributed by atoms with van der Waals surface area (Å²) in [4.78, 5) is 15.9.